The summed E-state index contributed by atoms with van der Waals surface area (Å²) >= 11 is 0. The molecule has 6 heteroatoms. The number of anilines is 1. The van der Waals surface area contributed by atoms with Crippen molar-refractivity contribution in [3.63, 3.8) is 0 Å². The van der Waals surface area contributed by atoms with Crippen LogP contribution in [0, 0.1) is 12.8 Å². The number of amides is 1. The maximum absolute atomic E-state index is 12.4. The van der Waals surface area contributed by atoms with E-state index >= 15 is 0 Å². The summed E-state index contributed by atoms with van der Waals surface area (Å²) in [6.07, 6.45) is 0.987. The molecule has 0 aliphatic heterocycles. The number of rotatable bonds is 8. The third-order valence-electron chi connectivity index (χ3n) is 4.14. The molecule has 0 unspecified atom stereocenters. The van der Waals surface area contributed by atoms with E-state index in [1.807, 2.05) is 31.2 Å². The minimum absolute atomic E-state index is 0. The largest absolute Gasteiger partial charge is 0.493 e. The second-order valence-corrected chi connectivity index (χ2v) is 6.77. The lowest BCUT2D eigenvalue weighted by molar-refractivity contribution is 0.0950. The maximum atomic E-state index is 12.4. The molecule has 0 aliphatic carbocycles. The quantitative estimate of drug-likeness (QED) is 0.654. The number of nitrogens with one attached hydrogen (secondary N) is 1. The lowest BCUT2D eigenvalue weighted by atomic mass is 10.1. The van der Waals surface area contributed by atoms with E-state index in [2.05, 4.69) is 19.2 Å². The molecule has 2 rings (SSSR count). The molecule has 0 spiro atoms. The number of carbonyl (C=O) groups excluding carboxylic acids is 1. The minimum Gasteiger partial charge on any atom is -0.493 e. The normalized spacial score (nSPS) is 10.3. The number of hydrogen-bond acceptors (Lipinski definition) is 4. The van der Waals surface area contributed by atoms with Crippen LogP contribution in [0.2, 0.25) is 0 Å². The zero-order valence-electron chi connectivity index (χ0n) is 16.4. The van der Waals surface area contributed by atoms with Crippen molar-refractivity contribution >= 4 is 24.0 Å². The van der Waals surface area contributed by atoms with Crippen LogP contribution in [0.4, 0.5) is 5.69 Å². The van der Waals surface area contributed by atoms with Crippen molar-refractivity contribution in [2.24, 2.45) is 5.92 Å². The molecule has 0 radical (unpaired) electrons. The summed E-state index contributed by atoms with van der Waals surface area (Å²) in [5, 5.41) is 2.92. The summed E-state index contributed by atoms with van der Waals surface area (Å²) in [7, 11) is 1.61. The van der Waals surface area contributed by atoms with Crippen LogP contribution in [0.5, 0.6) is 11.5 Å². The molecule has 148 valence electrons. The Morgan fingerprint density at radius 2 is 1.89 bits per heavy atom. The minimum atomic E-state index is -0.147. The van der Waals surface area contributed by atoms with Crippen LogP contribution < -0.4 is 20.5 Å². The van der Waals surface area contributed by atoms with Gasteiger partial charge in [-0.25, -0.2) is 0 Å². The summed E-state index contributed by atoms with van der Waals surface area (Å²) in [6, 6.07) is 11.0. The highest BCUT2D eigenvalue weighted by Crippen LogP contribution is 2.28. The highest BCUT2D eigenvalue weighted by atomic mass is 35.5. The van der Waals surface area contributed by atoms with Gasteiger partial charge in [0.05, 0.1) is 13.7 Å². The molecule has 2 aromatic carbocycles. The molecule has 0 heterocycles. The zero-order valence-corrected chi connectivity index (χ0v) is 17.2. The third kappa shape index (κ3) is 6.68. The average Bonchev–Trinajstić information content (AvgIpc) is 2.62. The average molecular weight is 393 g/mol. The number of aryl methyl sites for hydroxylation is 1. The third-order valence-corrected chi connectivity index (χ3v) is 4.14. The Morgan fingerprint density at radius 3 is 2.56 bits per heavy atom. The number of nitrogens with two attached hydrogens (primary N) is 1. The highest BCUT2D eigenvalue weighted by molar-refractivity contribution is 5.96. The first kappa shape index (κ1) is 22.6. The van der Waals surface area contributed by atoms with Crippen molar-refractivity contribution in [3.05, 3.63) is 53.1 Å². The first-order valence-electron chi connectivity index (χ1n) is 8.84. The molecular formula is C21H29ClN2O3. The fourth-order valence-corrected chi connectivity index (χ4v) is 2.51. The van der Waals surface area contributed by atoms with Crippen molar-refractivity contribution in [2.75, 3.05) is 19.5 Å². The van der Waals surface area contributed by atoms with Gasteiger partial charge in [-0.05, 0) is 54.7 Å². The molecule has 0 saturated carbocycles. The summed E-state index contributed by atoms with van der Waals surface area (Å²) < 4.78 is 11.2. The van der Waals surface area contributed by atoms with Crippen LogP contribution in [0.25, 0.3) is 0 Å². The smallest absolute Gasteiger partial charge is 0.251 e. The highest BCUT2D eigenvalue weighted by Gasteiger charge is 2.11. The fourth-order valence-electron chi connectivity index (χ4n) is 2.51. The number of ether oxygens (including phenoxy) is 2. The van der Waals surface area contributed by atoms with Gasteiger partial charge in [0.2, 0.25) is 0 Å². The molecule has 0 bridgehead atoms. The molecule has 2 aromatic rings. The van der Waals surface area contributed by atoms with Gasteiger partial charge >= 0.3 is 0 Å². The SMILES string of the molecule is COc1cc(CNC(=O)c2cc(N)ccc2C)ccc1OCCC(C)C.Cl. The molecule has 0 saturated heterocycles. The van der Waals surface area contributed by atoms with Gasteiger partial charge in [0.1, 0.15) is 0 Å². The number of halogens is 1. The molecule has 1 amide bonds. The Labute approximate surface area is 167 Å². The van der Waals surface area contributed by atoms with E-state index in [1.165, 1.54) is 0 Å². The van der Waals surface area contributed by atoms with Gasteiger partial charge in [0.15, 0.2) is 11.5 Å². The number of methoxy groups -OCH3 is 1. The van der Waals surface area contributed by atoms with E-state index in [4.69, 9.17) is 15.2 Å². The molecule has 5 nitrogen and oxygen atoms in total. The van der Waals surface area contributed by atoms with Crippen molar-refractivity contribution in [3.8, 4) is 11.5 Å². The lowest BCUT2D eigenvalue weighted by Gasteiger charge is -2.14. The van der Waals surface area contributed by atoms with E-state index in [-0.39, 0.29) is 18.3 Å². The first-order chi connectivity index (χ1) is 12.4. The van der Waals surface area contributed by atoms with Crippen molar-refractivity contribution in [1.82, 2.24) is 5.32 Å². The summed E-state index contributed by atoms with van der Waals surface area (Å²) in [4.78, 5) is 12.4. The Morgan fingerprint density at radius 1 is 1.15 bits per heavy atom. The topological polar surface area (TPSA) is 73.6 Å². The molecule has 0 aliphatic rings. The van der Waals surface area contributed by atoms with Gasteiger partial charge in [-0.15, -0.1) is 12.4 Å². The molecule has 0 fully saturated rings. The van der Waals surface area contributed by atoms with E-state index in [9.17, 15) is 4.79 Å². The fraction of sp³-hybridized carbons (Fsp3) is 0.381. The summed E-state index contributed by atoms with van der Waals surface area (Å²) in [5.74, 6) is 1.83. The Hall–Kier alpha value is -2.40. The van der Waals surface area contributed by atoms with Gasteiger partial charge in [0.25, 0.3) is 5.91 Å². The molecule has 3 N–H and O–H groups in total. The van der Waals surface area contributed by atoms with E-state index in [1.54, 1.807) is 19.2 Å². The number of hydrogen-bond donors (Lipinski definition) is 2. The number of carbonyl (C=O) groups is 1. The van der Waals surface area contributed by atoms with E-state index in [0.717, 1.165) is 23.3 Å². The number of benzene rings is 2. The van der Waals surface area contributed by atoms with Crippen LogP contribution in [-0.4, -0.2) is 19.6 Å². The van der Waals surface area contributed by atoms with Crippen LogP contribution in [0.1, 0.15) is 41.8 Å². The standard InChI is InChI=1S/C21H28N2O3.ClH/c1-14(2)9-10-26-19-8-6-16(11-20(19)25-4)13-23-21(24)18-12-17(22)7-5-15(18)3;/h5-8,11-12,14H,9-10,13,22H2,1-4H3,(H,23,24);1H. The second kappa shape index (κ2) is 10.7. The number of nitrogen functional groups attached to an aromatic ring is 1. The first-order valence-corrected chi connectivity index (χ1v) is 8.84. The second-order valence-electron chi connectivity index (χ2n) is 6.77. The monoisotopic (exact) mass is 392 g/mol. The van der Waals surface area contributed by atoms with Crippen LogP contribution in [0.15, 0.2) is 36.4 Å². The van der Waals surface area contributed by atoms with E-state index in [0.29, 0.717) is 36.1 Å². The van der Waals surface area contributed by atoms with Gasteiger partial charge in [-0.3, -0.25) is 4.79 Å². The zero-order chi connectivity index (χ0) is 19.1. The van der Waals surface area contributed by atoms with Crippen molar-refractivity contribution in [2.45, 2.75) is 33.7 Å². The summed E-state index contributed by atoms with van der Waals surface area (Å²) in [6.45, 7) is 7.26. The molecule has 0 atom stereocenters. The van der Waals surface area contributed by atoms with Gasteiger partial charge < -0.3 is 20.5 Å². The maximum Gasteiger partial charge on any atom is 0.251 e. The van der Waals surface area contributed by atoms with Gasteiger partial charge in [0, 0.05) is 17.8 Å². The van der Waals surface area contributed by atoms with Crippen LogP contribution in [0.3, 0.4) is 0 Å². The summed E-state index contributed by atoms with van der Waals surface area (Å²) in [5.41, 5.74) is 8.77. The Balaban J connectivity index is 0.00000364. The van der Waals surface area contributed by atoms with E-state index < -0.39 is 0 Å². The van der Waals surface area contributed by atoms with Gasteiger partial charge in [-0.1, -0.05) is 26.0 Å². The molecular weight excluding hydrogens is 364 g/mol. The van der Waals surface area contributed by atoms with Crippen LogP contribution in [-0.2, 0) is 6.54 Å². The predicted molar refractivity (Wildman–Crippen MR) is 112 cm³/mol. The van der Waals surface area contributed by atoms with Gasteiger partial charge in [-0.2, -0.15) is 0 Å². The van der Waals surface area contributed by atoms with Crippen molar-refractivity contribution in [1.29, 1.82) is 0 Å². The molecule has 0 aromatic heterocycles. The lowest BCUT2D eigenvalue weighted by Crippen LogP contribution is -2.23. The van der Waals surface area contributed by atoms with Crippen LogP contribution >= 0.6 is 12.4 Å². The Kier molecular flexibility index (Phi) is 8.95. The predicted octanol–water partition coefficient (Wildman–Crippen LogP) is 4.36. The molecule has 27 heavy (non-hydrogen) atoms. The van der Waals surface area contributed by atoms with Crippen molar-refractivity contribution < 1.29 is 14.3 Å². The Bertz CT molecular complexity index is 763.